The van der Waals surface area contributed by atoms with Crippen molar-refractivity contribution in [1.29, 1.82) is 0 Å². The third-order valence-corrected chi connectivity index (χ3v) is 4.46. The fraction of sp³-hybridized carbons (Fsp3) is 0.211. The molecule has 0 aromatic heterocycles. The SMILES string of the molecule is COc1cccc(/C=C/C(=O)c2c(I)cc(CO)cc2OC)c1OC. The molecule has 2 aromatic carbocycles. The quantitative estimate of drug-likeness (QED) is 0.393. The van der Waals surface area contributed by atoms with Crippen LogP contribution in [-0.2, 0) is 6.61 Å². The minimum absolute atomic E-state index is 0.113. The summed E-state index contributed by atoms with van der Waals surface area (Å²) in [6.45, 7) is -0.113. The van der Waals surface area contributed by atoms with Gasteiger partial charge >= 0.3 is 0 Å². The zero-order valence-corrected chi connectivity index (χ0v) is 16.4. The molecular weight excluding hydrogens is 435 g/mol. The van der Waals surface area contributed by atoms with Crippen molar-refractivity contribution in [3.63, 3.8) is 0 Å². The standard InChI is InChI=1S/C19H19IO5/c1-23-16-6-4-5-13(19(16)25-3)7-8-15(22)18-14(20)9-12(11-21)10-17(18)24-2/h4-10,21H,11H2,1-3H3/b8-7+. The molecule has 2 aromatic rings. The van der Waals surface area contributed by atoms with E-state index in [1.165, 1.54) is 13.2 Å². The molecule has 0 aliphatic heterocycles. The smallest absolute Gasteiger partial charge is 0.190 e. The van der Waals surface area contributed by atoms with Gasteiger partial charge in [0.1, 0.15) is 5.75 Å². The first-order valence-corrected chi connectivity index (χ1v) is 8.54. The summed E-state index contributed by atoms with van der Waals surface area (Å²) in [6, 6.07) is 8.87. The normalized spacial score (nSPS) is 10.8. The van der Waals surface area contributed by atoms with E-state index in [1.54, 1.807) is 38.5 Å². The van der Waals surface area contributed by atoms with Gasteiger partial charge in [-0.2, -0.15) is 0 Å². The highest BCUT2D eigenvalue weighted by Gasteiger charge is 2.16. The van der Waals surface area contributed by atoms with Gasteiger partial charge in [-0.25, -0.2) is 0 Å². The average Bonchev–Trinajstić information content (AvgIpc) is 2.64. The molecular formula is C19H19IO5. The molecule has 0 unspecified atom stereocenters. The number of aliphatic hydroxyl groups is 1. The van der Waals surface area contributed by atoms with Crippen molar-refractivity contribution < 1.29 is 24.1 Å². The van der Waals surface area contributed by atoms with E-state index < -0.39 is 0 Å². The van der Waals surface area contributed by atoms with Gasteiger partial charge in [0.15, 0.2) is 17.3 Å². The second-order valence-electron chi connectivity index (χ2n) is 5.09. The topological polar surface area (TPSA) is 65.0 Å². The number of methoxy groups -OCH3 is 3. The Bertz CT molecular complexity index is 799. The number of carbonyl (C=O) groups is 1. The van der Waals surface area contributed by atoms with Crippen LogP contribution in [0, 0.1) is 3.57 Å². The summed E-state index contributed by atoms with van der Waals surface area (Å²) < 4.78 is 16.6. The zero-order chi connectivity index (χ0) is 18.4. The Hall–Kier alpha value is -2.06. The first-order valence-electron chi connectivity index (χ1n) is 7.46. The van der Waals surface area contributed by atoms with E-state index >= 15 is 0 Å². The van der Waals surface area contributed by atoms with E-state index in [4.69, 9.17) is 14.2 Å². The van der Waals surface area contributed by atoms with Gasteiger partial charge in [0.25, 0.3) is 0 Å². The fourth-order valence-electron chi connectivity index (χ4n) is 2.42. The van der Waals surface area contributed by atoms with Crippen molar-refractivity contribution in [2.24, 2.45) is 0 Å². The maximum Gasteiger partial charge on any atom is 0.190 e. The third kappa shape index (κ3) is 4.32. The highest BCUT2D eigenvalue weighted by molar-refractivity contribution is 14.1. The van der Waals surface area contributed by atoms with E-state index in [2.05, 4.69) is 22.6 Å². The highest BCUT2D eigenvalue weighted by Crippen LogP contribution is 2.32. The number of hydrogen-bond donors (Lipinski definition) is 1. The number of allylic oxidation sites excluding steroid dienone is 1. The van der Waals surface area contributed by atoms with Gasteiger partial charge < -0.3 is 19.3 Å². The zero-order valence-electron chi connectivity index (χ0n) is 14.2. The van der Waals surface area contributed by atoms with Gasteiger partial charge in [0, 0.05) is 9.13 Å². The molecule has 0 saturated heterocycles. The van der Waals surface area contributed by atoms with E-state index in [0.29, 0.717) is 31.9 Å². The minimum atomic E-state index is -0.199. The fourth-order valence-corrected chi connectivity index (χ4v) is 3.35. The first kappa shape index (κ1) is 19.3. The van der Waals surface area contributed by atoms with Gasteiger partial charge in [-0.3, -0.25) is 4.79 Å². The lowest BCUT2D eigenvalue weighted by Gasteiger charge is -2.11. The highest BCUT2D eigenvalue weighted by atomic mass is 127. The maximum absolute atomic E-state index is 12.7. The Morgan fingerprint density at radius 3 is 2.44 bits per heavy atom. The molecule has 2 rings (SSSR count). The molecule has 0 atom stereocenters. The lowest BCUT2D eigenvalue weighted by Crippen LogP contribution is -2.04. The number of aliphatic hydroxyl groups excluding tert-OH is 1. The predicted molar refractivity (Wildman–Crippen MR) is 105 cm³/mol. The van der Waals surface area contributed by atoms with Crippen LogP contribution >= 0.6 is 22.6 Å². The molecule has 1 N–H and O–H groups in total. The Morgan fingerprint density at radius 1 is 1.12 bits per heavy atom. The van der Waals surface area contributed by atoms with Crippen LogP contribution in [-0.4, -0.2) is 32.2 Å². The summed E-state index contributed by atoms with van der Waals surface area (Å²) in [5.74, 6) is 1.39. The van der Waals surface area contributed by atoms with E-state index in [0.717, 1.165) is 5.56 Å². The number of benzene rings is 2. The molecule has 0 fully saturated rings. The van der Waals surface area contributed by atoms with E-state index in [9.17, 15) is 9.90 Å². The molecule has 0 aliphatic carbocycles. The van der Waals surface area contributed by atoms with Crippen LogP contribution in [0.5, 0.6) is 17.2 Å². The van der Waals surface area contributed by atoms with Crippen molar-refractivity contribution >= 4 is 34.5 Å². The Kier molecular flexibility index (Phi) is 6.83. The molecule has 0 spiro atoms. The lowest BCUT2D eigenvalue weighted by molar-refractivity contribution is 0.104. The van der Waals surface area contributed by atoms with Crippen LogP contribution in [0.25, 0.3) is 6.08 Å². The molecule has 25 heavy (non-hydrogen) atoms. The predicted octanol–water partition coefficient (Wildman–Crippen LogP) is 3.71. The molecule has 5 nitrogen and oxygen atoms in total. The summed E-state index contributed by atoms with van der Waals surface area (Å²) in [5.41, 5.74) is 1.88. The van der Waals surface area contributed by atoms with Gasteiger partial charge in [-0.15, -0.1) is 0 Å². The van der Waals surface area contributed by atoms with Crippen molar-refractivity contribution in [2.75, 3.05) is 21.3 Å². The van der Waals surface area contributed by atoms with Gasteiger partial charge in [0.2, 0.25) is 0 Å². The van der Waals surface area contributed by atoms with E-state index in [1.807, 2.05) is 12.1 Å². The average molecular weight is 454 g/mol. The number of ether oxygens (including phenoxy) is 3. The third-order valence-electron chi connectivity index (χ3n) is 3.61. The van der Waals surface area contributed by atoms with Crippen molar-refractivity contribution in [2.45, 2.75) is 6.61 Å². The molecule has 6 heteroatoms. The second-order valence-corrected chi connectivity index (χ2v) is 6.26. The molecule has 0 amide bonds. The number of para-hydroxylation sites is 1. The number of ketones is 1. The van der Waals surface area contributed by atoms with Crippen LogP contribution in [0.4, 0.5) is 0 Å². The minimum Gasteiger partial charge on any atom is -0.496 e. The Balaban J connectivity index is 2.39. The number of hydrogen-bond acceptors (Lipinski definition) is 5. The number of carbonyl (C=O) groups excluding carboxylic acids is 1. The molecule has 0 saturated carbocycles. The second kappa shape index (κ2) is 8.87. The lowest BCUT2D eigenvalue weighted by atomic mass is 10.0. The van der Waals surface area contributed by atoms with Crippen LogP contribution in [0.15, 0.2) is 36.4 Å². The van der Waals surface area contributed by atoms with Crippen LogP contribution in [0.3, 0.4) is 0 Å². The van der Waals surface area contributed by atoms with Crippen molar-refractivity contribution in [3.05, 3.63) is 56.7 Å². The largest absolute Gasteiger partial charge is 0.496 e. The molecule has 0 aliphatic rings. The van der Waals surface area contributed by atoms with Crippen molar-refractivity contribution in [3.8, 4) is 17.2 Å². The Labute approximate surface area is 160 Å². The van der Waals surface area contributed by atoms with Gasteiger partial charge in [-0.1, -0.05) is 12.1 Å². The summed E-state index contributed by atoms with van der Waals surface area (Å²) >= 11 is 2.06. The summed E-state index contributed by atoms with van der Waals surface area (Å²) in [6.07, 6.45) is 3.15. The van der Waals surface area contributed by atoms with Crippen LogP contribution in [0.1, 0.15) is 21.5 Å². The first-order chi connectivity index (χ1) is 12.0. The van der Waals surface area contributed by atoms with Gasteiger partial charge in [-0.05, 0) is 58.5 Å². The number of rotatable bonds is 7. The molecule has 0 radical (unpaired) electrons. The Morgan fingerprint density at radius 2 is 1.84 bits per heavy atom. The van der Waals surface area contributed by atoms with Crippen molar-refractivity contribution in [1.82, 2.24) is 0 Å². The van der Waals surface area contributed by atoms with Crippen LogP contribution in [0.2, 0.25) is 0 Å². The number of halogens is 1. The molecule has 0 heterocycles. The van der Waals surface area contributed by atoms with Crippen LogP contribution < -0.4 is 14.2 Å². The molecule has 132 valence electrons. The summed E-state index contributed by atoms with van der Waals surface area (Å²) in [5, 5.41) is 9.29. The van der Waals surface area contributed by atoms with Gasteiger partial charge in [0.05, 0.1) is 33.5 Å². The summed E-state index contributed by atoms with van der Waals surface area (Å²) in [4.78, 5) is 12.7. The molecule has 0 bridgehead atoms. The van der Waals surface area contributed by atoms with E-state index in [-0.39, 0.29) is 12.4 Å². The summed E-state index contributed by atoms with van der Waals surface area (Å²) in [7, 11) is 4.61. The monoisotopic (exact) mass is 454 g/mol. The maximum atomic E-state index is 12.7.